The molecule has 3 rings (SSSR count). The molecule has 1 aromatic carbocycles. The zero-order valence-corrected chi connectivity index (χ0v) is 12.2. The van der Waals surface area contributed by atoms with Gasteiger partial charge in [-0.15, -0.1) is 5.10 Å². The lowest BCUT2D eigenvalue weighted by atomic mass is 10.3. The van der Waals surface area contributed by atoms with Crippen LogP contribution < -0.4 is 5.32 Å². The Morgan fingerprint density at radius 1 is 1.41 bits per heavy atom. The molecule has 6 nitrogen and oxygen atoms in total. The predicted octanol–water partition coefficient (Wildman–Crippen LogP) is 1.92. The molecular formula is C15H17FN4O2. The number of aromatic nitrogens is 2. The van der Waals surface area contributed by atoms with Crippen LogP contribution >= 0.6 is 0 Å². The smallest absolute Gasteiger partial charge is 0.323 e. The fraction of sp³-hybridized carbons (Fsp3) is 0.333. The topological polar surface area (TPSA) is 70.4 Å². The number of benzene rings is 1. The van der Waals surface area contributed by atoms with Crippen LogP contribution in [-0.2, 0) is 0 Å². The fourth-order valence-electron chi connectivity index (χ4n) is 2.49. The van der Waals surface area contributed by atoms with E-state index in [1.54, 1.807) is 27.8 Å². The largest absolute Gasteiger partial charge is 0.391 e. The Labute approximate surface area is 127 Å². The molecule has 0 bridgehead atoms. The maximum Gasteiger partial charge on any atom is 0.323 e. The van der Waals surface area contributed by atoms with E-state index in [9.17, 15) is 14.3 Å². The Morgan fingerprint density at radius 2 is 2.14 bits per heavy atom. The number of aryl methyl sites for hydroxylation is 1. The Balaban J connectivity index is 1.75. The summed E-state index contributed by atoms with van der Waals surface area (Å²) in [6, 6.07) is 7.43. The Bertz CT molecular complexity index is 683. The number of likely N-dealkylation sites (tertiary alicyclic amines) is 1. The number of carbonyl (C=O) groups is 1. The Kier molecular flexibility index (Phi) is 3.81. The Morgan fingerprint density at radius 3 is 2.77 bits per heavy atom. The molecule has 2 heterocycles. The normalized spacial score (nSPS) is 17.8. The number of halogens is 1. The highest BCUT2D eigenvalue weighted by atomic mass is 19.1. The van der Waals surface area contributed by atoms with Gasteiger partial charge >= 0.3 is 6.03 Å². The van der Waals surface area contributed by atoms with Gasteiger partial charge in [-0.2, -0.15) is 0 Å². The van der Waals surface area contributed by atoms with Gasteiger partial charge in [-0.1, -0.05) is 0 Å². The third-order valence-electron chi connectivity index (χ3n) is 3.64. The summed E-state index contributed by atoms with van der Waals surface area (Å²) < 4.78 is 14.6. The number of hydrogen-bond donors (Lipinski definition) is 2. The van der Waals surface area contributed by atoms with E-state index < -0.39 is 6.10 Å². The summed E-state index contributed by atoms with van der Waals surface area (Å²) in [7, 11) is 0. The van der Waals surface area contributed by atoms with E-state index in [0.717, 1.165) is 11.4 Å². The number of hydrogen-bond acceptors (Lipinski definition) is 3. The molecule has 2 aromatic rings. The number of anilines is 1. The first kappa shape index (κ1) is 14.5. The molecule has 2 amide bonds. The van der Waals surface area contributed by atoms with Gasteiger partial charge in [0.2, 0.25) is 0 Å². The van der Waals surface area contributed by atoms with Crippen LogP contribution in [0.15, 0.2) is 30.3 Å². The number of aliphatic hydroxyl groups excluding tert-OH is 1. The molecule has 1 atom stereocenters. The molecule has 1 aliphatic rings. The quantitative estimate of drug-likeness (QED) is 0.890. The van der Waals surface area contributed by atoms with Gasteiger partial charge in [0, 0.05) is 24.8 Å². The molecule has 116 valence electrons. The lowest BCUT2D eigenvalue weighted by Crippen LogP contribution is -2.33. The second-order valence-corrected chi connectivity index (χ2v) is 5.38. The maximum absolute atomic E-state index is 13.0. The van der Waals surface area contributed by atoms with E-state index in [2.05, 4.69) is 10.4 Å². The summed E-state index contributed by atoms with van der Waals surface area (Å²) in [6.45, 7) is 2.72. The average Bonchev–Trinajstić information content (AvgIpc) is 3.06. The van der Waals surface area contributed by atoms with Crippen molar-refractivity contribution in [2.45, 2.75) is 19.4 Å². The molecule has 1 saturated heterocycles. The first-order chi connectivity index (χ1) is 10.5. The van der Waals surface area contributed by atoms with Crippen molar-refractivity contribution in [2.75, 3.05) is 18.4 Å². The van der Waals surface area contributed by atoms with Gasteiger partial charge in [0.05, 0.1) is 11.8 Å². The number of β-amino-alcohol motifs (C(OH)–C–C–N with tert-alkyl or cyclic N) is 1. The van der Waals surface area contributed by atoms with Gasteiger partial charge in [0.25, 0.3) is 0 Å². The number of aliphatic hydroxyl groups is 1. The van der Waals surface area contributed by atoms with Gasteiger partial charge in [0.1, 0.15) is 5.82 Å². The minimum Gasteiger partial charge on any atom is -0.391 e. The highest BCUT2D eigenvalue weighted by Crippen LogP contribution is 2.17. The zero-order valence-electron chi connectivity index (χ0n) is 12.2. The molecule has 0 aliphatic carbocycles. The number of nitrogens with zero attached hydrogens (tertiary/aromatic N) is 3. The maximum atomic E-state index is 13.0. The van der Waals surface area contributed by atoms with Gasteiger partial charge < -0.3 is 10.0 Å². The number of rotatable bonds is 2. The Hall–Kier alpha value is -2.41. The number of carbonyl (C=O) groups excluding carboxylic acids is 1. The van der Waals surface area contributed by atoms with E-state index in [1.165, 1.54) is 12.1 Å². The summed E-state index contributed by atoms with van der Waals surface area (Å²) in [5, 5.41) is 16.5. The summed E-state index contributed by atoms with van der Waals surface area (Å²) in [5.74, 6) is 0.114. The van der Waals surface area contributed by atoms with Crippen LogP contribution in [0.1, 0.15) is 12.1 Å². The van der Waals surface area contributed by atoms with Crippen molar-refractivity contribution in [2.24, 2.45) is 0 Å². The van der Waals surface area contributed by atoms with Crippen molar-refractivity contribution in [3.63, 3.8) is 0 Å². The lowest BCUT2D eigenvalue weighted by molar-refractivity contribution is 0.176. The zero-order chi connectivity index (χ0) is 15.7. The van der Waals surface area contributed by atoms with Crippen molar-refractivity contribution in [1.29, 1.82) is 0 Å². The van der Waals surface area contributed by atoms with Crippen molar-refractivity contribution < 1.29 is 14.3 Å². The van der Waals surface area contributed by atoms with E-state index in [4.69, 9.17) is 0 Å². The van der Waals surface area contributed by atoms with Crippen LogP contribution in [0.5, 0.6) is 0 Å². The molecule has 0 saturated carbocycles. The van der Waals surface area contributed by atoms with Crippen molar-refractivity contribution in [3.8, 4) is 5.69 Å². The monoisotopic (exact) mass is 304 g/mol. The van der Waals surface area contributed by atoms with Gasteiger partial charge in [-0.05, 0) is 37.6 Å². The van der Waals surface area contributed by atoms with Crippen molar-refractivity contribution >= 4 is 11.8 Å². The van der Waals surface area contributed by atoms with Crippen LogP contribution in [-0.4, -0.2) is 45.0 Å². The second-order valence-electron chi connectivity index (χ2n) is 5.38. The van der Waals surface area contributed by atoms with Gasteiger partial charge in [0.15, 0.2) is 5.82 Å². The summed E-state index contributed by atoms with van der Waals surface area (Å²) in [5.41, 5.74) is 1.54. The molecule has 22 heavy (non-hydrogen) atoms. The van der Waals surface area contributed by atoms with Crippen LogP contribution in [0.2, 0.25) is 0 Å². The molecule has 1 aromatic heterocycles. The third-order valence-corrected chi connectivity index (χ3v) is 3.64. The number of nitrogens with one attached hydrogen (secondary N) is 1. The summed E-state index contributed by atoms with van der Waals surface area (Å²) >= 11 is 0. The van der Waals surface area contributed by atoms with E-state index in [0.29, 0.717) is 25.3 Å². The molecule has 7 heteroatoms. The molecule has 0 spiro atoms. The molecule has 0 unspecified atom stereocenters. The number of urea groups is 1. The number of amides is 2. The highest BCUT2D eigenvalue weighted by Gasteiger charge is 2.25. The van der Waals surface area contributed by atoms with E-state index in [1.807, 2.05) is 6.92 Å². The second kappa shape index (κ2) is 5.76. The molecule has 1 fully saturated rings. The van der Waals surface area contributed by atoms with E-state index in [-0.39, 0.29) is 11.8 Å². The first-order valence-corrected chi connectivity index (χ1v) is 7.09. The predicted molar refractivity (Wildman–Crippen MR) is 79.5 cm³/mol. The van der Waals surface area contributed by atoms with Gasteiger partial charge in [-0.25, -0.2) is 13.9 Å². The summed E-state index contributed by atoms with van der Waals surface area (Å²) in [4.78, 5) is 13.6. The highest BCUT2D eigenvalue weighted by molar-refractivity contribution is 5.88. The lowest BCUT2D eigenvalue weighted by Gasteiger charge is -2.15. The van der Waals surface area contributed by atoms with Crippen LogP contribution in [0.4, 0.5) is 15.0 Å². The van der Waals surface area contributed by atoms with Crippen LogP contribution in [0.25, 0.3) is 5.69 Å². The van der Waals surface area contributed by atoms with E-state index >= 15 is 0 Å². The summed E-state index contributed by atoms with van der Waals surface area (Å²) in [6.07, 6.45) is 0.139. The molecular weight excluding hydrogens is 287 g/mol. The fourth-order valence-corrected chi connectivity index (χ4v) is 2.49. The minimum atomic E-state index is -0.454. The van der Waals surface area contributed by atoms with Crippen molar-refractivity contribution in [3.05, 3.63) is 41.8 Å². The van der Waals surface area contributed by atoms with Crippen LogP contribution in [0.3, 0.4) is 0 Å². The van der Waals surface area contributed by atoms with Crippen LogP contribution in [0, 0.1) is 12.7 Å². The molecule has 2 N–H and O–H groups in total. The third kappa shape index (κ3) is 2.94. The SMILES string of the molecule is Cc1cc(NC(=O)N2CC[C@@H](O)C2)nn1-c1ccc(F)cc1. The van der Waals surface area contributed by atoms with Gasteiger partial charge in [-0.3, -0.25) is 5.32 Å². The standard InChI is InChI=1S/C15H17FN4O2/c1-10-8-14(17-15(22)19-7-6-13(21)9-19)18-20(10)12-4-2-11(16)3-5-12/h2-5,8,13,21H,6-7,9H2,1H3,(H,17,18,22)/t13-/m1/s1. The average molecular weight is 304 g/mol. The molecule has 1 aliphatic heterocycles. The van der Waals surface area contributed by atoms with Crippen molar-refractivity contribution in [1.82, 2.24) is 14.7 Å². The molecule has 0 radical (unpaired) electrons. The minimum absolute atomic E-state index is 0.277. The first-order valence-electron chi connectivity index (χ1n) is 7.09.